The summed E-state index contributed by atoms with van der Waals surface area (Å²) in [6.07, 6.45) is 2.10. The predicted molar refractivity (Wildman–Crippen MR) is 111 cm³/mol. The number of rotatable bonds is 5. The van der Waals surface area contributed by atoms with E-state index in [1.165, 1.54) is 5.56 Å². The normalized spacial score (nSPS) is 14.0. The summed E-state index contributed by atoms with van der Waals surface area (Å²) in [5.74, 6) is 0.413. The van der Waals surface area contributed by atoms with E-state index in [1.807, 2.05) is 29.2 Å². The average molecular weight is 380 g/mol. The van der Waals surface area contributed by atoms with Crippen LogP contribution in [0.1, 0.15) is 49.5 Å². The van der Waals surface area contributed by atoms with Crippen molar-refractivity contribution in [3.05, 3.63) is 59.7 Å². The standard InChI is InChI=1S/C23H28N2O3/c1-23(2,3)18-9-11-20(12-10-18)28-16-21(26)24-19-8-6-7-17(15-19)22(27)25-13-4-5-14-25/h6-12,15H,4-5,13-14,16H2,1-3H3,(H,24,26). The molecular weight excluding hydrogens is 352 g/mol. The van der Waals surface area contributed by atoms with Crippen LogP contribution in [0, 0.1) is 0 Å². The van der Waals surface area contributed by atoms with Gasteiger partial charge in [-0.1, -0.05) is 39.0 Å². The molecule has 1 aliphatic heterocycles. The summed E-state index contributed by atoms with van der Waals surface area (Å²) in [7, 11) is 0. The highest BCUT2D eigenvalue weighted by molar-refractivity contribution is 5.97. The topological polar surface area (TPSA) is 58.6 Å². The van der Waals surface area contributed by atoms with Gasteiger partial charge in [0, 0.05) is 24.3 Å². The molecule has 148 valence electrons. The van der Waals surface area contributed by atoms with Gasteiger partial charge in [0.15, 0.2) is 6.61 Å². The van der Waals surface area contributed by atoms with Crippen molar-refractivity contribution in [2.24, 2.45) is 0 Å². The lowest BCUT2D eigenvalue weighted by molar-refractivity contribution is -0.118. The van der Waals surface area contributed by atoms with Crippen LogP contribution < -0.4 is 10.1 Å². The highest BCUT2D eigenvalue weighted by Crippen LogP contribution is 2.24. The van der Waals surface area contributed by atoms with E-state index in [4.69, 9.17) is 4.74 Å². The molecule has 1 fully saturated rings. The molecule has 1 saturated heterocycles. The number of benzene rings is 2. The van der Waals surface area contributed by atoms with Gasteiger partial charge in [0.25, 0.3) is 11.8 Å². The van der Waals surface area contributed by atoms with E-state index in [0.29, 0.717) is 17.0 Å². The Balaban J connectivity index is 1.55. The van der Waals surface area contributed by atoms with E-state index in [9.17, 15) is 9.59 Å². The molecule has 3 rings (SSSR count). The molecule has 1 N–H and O–H groups in total. The molecule has 0 aliphatic carbocycles. The fourth-order valence-corrected chi connectivity index (χ4v) is 3.23. The van der Waals surface area contributed by atoms with Gasteiger partial charge in [-0.2, -0.15) is 0 Å². The Labute approximate surface area is 166 Å². The van der Waals surface area contributed by atoms with E-state index < -0.39 is 0 Å². The van der Waals surface area contributed by atoms with Crippen molar-refractivity contribution in [1.29, 1.82) is 0 Å². The molecule has 0 aromatic heterocycles. The van der Waals surface area contributed by atoms with Crippen LogP contribution in [0.2, 0.25) is 0 Å². The van der Waals surface area contributed by atoms with Crippen LogP contribution in [0.3, 0.4) is 0 Å². The molecule has 2 amide bonds. The summed E-state index contributed by atoms with van der Waals surface area (Å²) >= 11 is 0. The zero-order valence-corrected chi connectivity index (χ0v) is 16.8. The summed E-state index contributed by atoms with van der Waals surface area (Å²) in [5, 5.41) is 2.80. The van der Waals surface area contributed by atoms with Crippen LogP contribution in [-0.2, 0) is 10.2 Å². The second kappa shape index (κ2) is 8.46. The number of anilines is 1. The molecule has 1 heterocycles. The molecule has 0 radical (unpaired) electrons. The zero-order valence-electron chi connectivity index (χ0n) is 16.8. The van der Waals surface area contributed by atoms with Crippen LogP contribution in [-0.4, -0.2) is 36.4 Å². The van der Waals surface area contributed by atoms with Crippen LogP contribution in [0.5, 0.6) is 5.75 Å². The number of hydrogen-bond donors (Lipinski definition) is 1. The van der Waals surface area contributed by atoms with Gasteiger partial charge in [-0.05, 0) is 54.2 Å². The molecule has 5 nitrogen and oxygen atoms in total. The van der Waals surface area contributed by atoms with Crippen LogP contribution in [0.15, 0.2) is 48.5 Å². The lowest BCUT2D eigenvalue weighted by Crippen LogP contribution is -2.27. The van der Waals surface area contributed by atoms with Gasteiger partial charge in [0.2, 0.25) is 0 Å². The molecule has 0 unspecified atom stereocenters. The Morgan fingerprint density at radius 3 is 2.36 bits per heavy atom. The zero-order chi connectivity index (χ0) is 20.1. The summed E-state index contributed by atoms with van der Waals surface area (Å²) in [5.41, 5.74) is 2.48. The van der Waals surface area contributed by atoms with E-state index in [0.717, 1.165) is 25.9 Å². The molecule has 1 aliphatic rings. The Hall–Kier alpha value is -2.82. The van der Waals surface area contributed by atoms with Crippen molar-refractivity contribution < 1.29 is 14.3 Å². The van der Waals surface area contributed by atoms with E-state index in [2.05, 4.69) is 26.1 Å². The van der Waals surface area contributed by atoms with Crippen molar-refractivity contribution in [2.75, 3.05) is 25.0 Å². The smallest absolute Gasteiger partial charge is 0.262 e. The summed E-state index contributed by atoms with van der Waals surface area (Å²) in [6.45, 7) is 7.98. The lowest BCUT2D eigenvalue weighted by atomic mass is 9.87. The number of hydrogen-bond acceptors (Lipinski definition) is 3. The fourth-order valence-electron chi connectivity index (χ4n) is 3.23. The van der Waals surface area contributed by atoms with Gasteiger partial charge in [-0.25, -0.2) is 0 Å². The van der Waals surface area contributed by atoms with Crippen LogP contribution in [0.25, 0.3) is 0 Å². The number of carbonyl (C=O) groups excluding carboxylic acids is 2. The molecule has 28 heavy (non-hydrogen) atoms. The van der Waals surface area contributed by atoms with Gasteiger partial charge >= 0.3 is 0 Å². The first kappa shape index (κ1) is 19.9. The van der Waals surface area contributed by atoms with Crippen molar-refractivity contribution in [3.63, 3.8) is 0 Å². The monoisotopic (exact) mass is 380 g/mol. The maximum Gasteiger partial charge on any atom is 0.262 e. The molecule has 2 aromatic carbocycles. The summed E-state index contributed by atoms with van der Waals surface area (Å²) in [4.78, 5) is 26.6. The minimum Gasteiger partial charge on any atom is -0.484 e. The number of carbonyl (C=O) groups is 2. The van der Waals surface area contributed by atoms with E-state index in [1.54, 1.807) is 24.3 Å². The Morgan fingerprint density at radius 2 is 1.71 bits per heavy atom. The maximum absolute atomic E-state index is 12.5. The Bertz CT molecular complexity index is 832. The van der Waals surface area contributed by atoms with Gasteiger partial charge < -0.3 is 15.0 Å². The summed E-state index contributed by atoms with van der Waals surface area (Å²) in [6, 6.07) is 14.8. The third kappa shape index (κ3) is 5.12. The SMILES string of the molecule is CC(C)(C)c1ccc(OCC(=O)Nc2cccc(C(=O)N3CCCC3)c2)cc1. The number of nitrogens with zero attached hydrogens (tertiary/aromatic N) is 1. The van der Waals surface area contributed by atoms with Gasteiger partial charge in [0.1, 0.15) is 5.75 Å². The third-order valence-electron chi connectivity index (χ3n) is 4.88. The highest BCUT2D eigenvalue weighted by Gasteiger charge is 2.19. The first-order valence-electron chi connectivity index (χ1n) is 9.75. The molecule has 0 bridgehead atoms. The average Bonchev–Trinajstić information content (AvgIpc) is 3.20. The molecule has 5 heteroatoms. The maximum atomic E-state index is 12.5. The molecular formula is C23H28N2O3. The van der Waals surface area contributed by atoms with Gasteiger partial charge in [-0.15, -0.1) is 0 Å². The van der Waals surface area contributed by atoms with Crippen molar-refractivity contribution >= 4 is 17.5 Å². The quantitative estimate of drug-likeness (QED) is 0.844. The number of ether oxygens (including phenoxy) is 1. The van der Waals surface area contributed by atoms with Crippen molar-refractivity contribution in [2.45, 2.75) is 39.0 Å². The minimum atomic E-state index is -0.259. The number of amides is 2. The molecule has 0 saturated carbocycles. The Morgan fingerprint density at radius 1 is 1.04 bits per heavy atom. The second-order valence-electron chi connectivity index (χ2n) is 8.19. The van der Waals surface area contributed by atoms with E-state index in [-0.39, 0.29) is 23.8 Å². The highest BCUT2D eigenvalue weighted by atomic mass is 16.5. The molecule has 0 atom stereocenters. The first-order valence-corrected chi connectivity index (χ1v) is 9.75. The first-order chi connectivity index (χ1) is 13.3. The van der Waals surface area contributed by atoms with Crippen molar-refractivity contribution in [3.8, 4) is 5.75 Å². The Kier molecular flexibility index (Phi) is 6.02. The minimum absolute atomic E-state index is 0.0174. The lowest BCUT2D eigenvalue weighted by Gasteiger charge is -2.19. The fraction of sp³-hybridized carbons (Fsp3) is 0.391. The van der Waals surface area contributed by atoms with E-state index >= 15 is 0 Å². The second-order valence-corrected chi connectivity index (χ2v) is 8.19. The van der Waals surface area contributed by atoms with Crippen molar-refractivity contribution in [1.82, 2.24) is 4.90 Å². The third-order valence-corrected chi connectivity index (χ3v) is 4.88. The predicted octanol–water partition coefficient (Wildman–Crippen LogP) is 4.24. The largest absolute Gasteiger partial charge is 0.484 e. The van der Waals surface area contributed by atoms with Gasteiger partial charge in [-0.3, -0.25) is 9.59 Å². The van der Waals surface area contributed by atoms with Gasteiger partial charge in [0.05, 0.1) is 0 Å². The van der Waals surface area contributed by atoms with Crippen LogP contribution in [0.4, 0.5) is 5.69 Å². The molecule has 0 spiro atoms. The number of likely N-dealkylation sites (tertiary alicyclic amines) is 1. The van der Waals surface area contributed by atoms with Crippen LogP contribution >= 0.6 is 0 Å². The molecule has 2 aromatic rings. The summed E-state index contributed by atoms with van der Waals surface area (Å²) < 4.78 is 5.58. The number of nitrogens with one attached hydrogen (secondary N) is 1.